The van der Waals surface area contributed by atoms with Crippen molar-refractivity contribution in [3.05, 3.63) is 59.9 Å². The summed E-state index contributed by atoms with van der Waals surface area (Å²) in [6, 6.07) is 14.6. The molecule has 1 fully saturated rings. The predicted octanol–water partition coefficient (Wildman–Crippen LogP) is 3.05. The summed E-state index contributed by atoms with van der Waals surface area (Å²) in [5, 5.41) is 0. The number of carbonyl (C=O) groups excluding carboxylic acids is 2. The fourth-order valence-electron chi connectivity index (χ4n) is 3.57. The summed E-state index contributed by atoms with van der Waals surface area (Å²) in [5.74, 6) is 0.284. The molecule has 6 heteroatoms. The molecule has 2 aliphatic rings. The highest BCUT2D eigenvalue weighted by Gasteiger charge is 2.33. The van der Waals surface area contributed by atoms with Gasteiger partial charge < -0.3 is 15.4 Å². The number of rotatable bonds is 3. The van der Waals surface area contributed by atoms with E-state index < -0.39 is 0 Å². The average molecular weight is 377 g/mol. The van der Waals surface area contributed by atoms with Crippen LogP contribution in [0.4, 0.5) is 11.4 Å². The van der Waals surface area contributed by atoms with Crippen LogP contribution in [0.25, 0.3) is 6.08 Å². The summed E-state index contributed by atoms with van der Waals surface area (Å²) in [7, 11) is 0. The molecule has 144 valence electrons. The summed E-state index contributed by atoms with van der Waals surface area (Å²) >= 11 is 0. The molecule has 2 aromatic rings. The molecular formula is C22H23N3O3. The number of carbonyl (C=O) groups is 2. The van der Waals surface area contributed by atoms with E-state index in [2.05, 4.69) is 0 Å². The number of anilines is 2. The Kier molecular flexibility index (Phi) is 5.02. The van der Waals surface area contributed by atoms with Crippen LogP contribution in [0.5, 0.6) is 5.75 Å². The van der Waals surface area contributed by atoms with E-state index in [9.17, 15) is 9.59 Å². The van der Waals surface area contributed by atoms with Gasteiger partial charge in [0.25, 0.3) is 5.91 Å². The van der Waals surface area contributed by atoms with Gasteiger partial charge in [-0.25, -0.2) is 0 Å². The number of piperidine rings is 1. The molecule has 6 nitrogen and oxygen atoms in total. The zero-order valence-corrected chi connectivity index (χ0v) is 15.6. The lowest BCUT2D eigenvalue weighted by molar-refractivity contribution is -0.132. The van der Waals surface area contributed by atoms with Gasteiger partial charge in [-0.05, 0) is 43.0 Å². The van der Waals surface area contributed by atoms with E-state index in [4.69, 9.17) is 10.5 Å². The molecule has 0 spiro atoms. The normalized spacial score (nSPS) is 18.0. The van der Waals surface area contributed by atoms with Gasteiger partial charge in [0.05, 0.1) is 5.69 Å². The zero-order valence-electron chi connectivity index (χ0n) is 15.6. The third-order valence-electron chi connectivity index (χ3n) is 5.05. The fourth-order valence-corrected chi connectivity index (χ4v) is 3.57. The smallest absolute Gasteiger partial charge is 0.294 e. The third kappa shape index (κ3) is 3.71. The average Bonchev–Trinajstić information content (AvgIpc) is 2.72. The first-order valence-corrected chi connectivity index (χ1v) is 9.55. The summed E-state index contributed by atoms with van der Waals surface area (Å²) in [5.41, 5.74) is 7.85. The van der Waals surface area contributed by atoms with E-state index in [1.807, 2.05) is 35.2 Å². The van der Waals surface area contributed by atoms with E-state index >= 15 is 0 Å². The van der Waals surface area contributed by atoms with Crippen LogP contribution >= 0.6 is 0 Å². The van der Waals surface area contributed by atoms with Gasteiger partial charge in [0.15, 0.2) is 11.5 Å². The Hall–Kier alpha value is -3.28. The molecule has 0 bridgehead atoms. The molecule has 0 aromatic heterocycles. The van der Waals surface area contributed by atoms with Gasteiger partial charge in [-0.2, -0.15) is 0 Å². The number of nitrogen functional groups attached to an aromatic ring is 1. The van der Waals surface area contributed by atoms with Gasteiger partial charge in [-0.15, -0.1) is 0 Å². The quantitative estimate of drug-likeness (QED) is 0.659. The summed E-state index contributed by atoms with van der Waals surface area (Å²) in [4.78, 5) is 29.3. The maximum absolute atomic E-state index is 13.1. The first-order chi connectivity index (χ1) is 13.6. The van der Waals surface area contributed by atoms with Crippen molar-refractivity contribution in [1.82, 2.24) is 4.90 Å². The Morgan fingerprint density at radius 3 is 2.57 bits per heavy atom. The molecule has 2 heterocycles. The predicted molar refractivity (Wildman–Crippen MR) is 109 cm³/mol. The number of hydrogen-bond acceptors (Lipinski definition) is 4. The van der Waals surface area contributed by atoms with E-state index in [1.165, 1.54) is 4.90 Å². The minimum Gasteiger partial charge on any atom is -0.449 e. The van der Waals surface area contributed by atoms with Gasteiger partial charge in [0.1, 0.15) is 6.54 Å². The molecule has 2 aliphatic heterocycles. The second-order valence-corrected chi connectivity index (χ2v) is 7.08. The van der Waals surface area contributed by atoms with Gasteiger partial charge in [-0.3, -0.25) is 14.5 Å². The maximum atomic E-state index is 13.1. The largest absolute Gasteiger partial charge is 0.449 e. The molecule has 0 saturated carbocycles. The number of hydrogen-bond donors (Lipinski definition) is 1. The lowest BCUT2D eigenvalue weighted by atomic mass is 10.1. The summed E-state index contributed by atoms with van der Waals surface area (Å²) in [6.07, 6.45) is 4.85. The molecule has 0 radical (unpaired) electrons. The molecule has 4 rings (SSSR count). The molecule has 0 aliphatic carbocycles. The van der Waals surface area contributed by atoms with Crippen LogP contribution in [-0.4, -0.2) is 36.3 Å². The van der Waals surface area contributed by atoms with Crippen LogP contribution in [0.3, 0.4) is 0 Å². The minimum absolute atomic E-state index is 0.00869. The van der Waals surface area contributed by atoms with Crippen LogP contribution in [-0.2, 0) is 9.59 Å². The monoisotopic (exact) mass is 377 g/mol. The highest BCUT2D eigenvalue weighted by molar-refractivity contribution is 6.12. The highest BCUT2D eigenvalue weighted by Crippen LogP contribution is 2.37. The van der Waals surface area contributed by atoms with Crippen molar-refractivity contribution in [1.29, 1.82) is 0 Å². The Bertz CT molecular complexity index is 918. The van der Waals surface area contributed by atoms with E-state index in [0.29, 0.717) is 17.1 Å². The number of nitrogens with two attached hydrogens (primary N) is 1. The molecule has 28 heavy (non-hydrogen) atoms. The van der Waals surface area contributed by atoms with Crippen molar-refractivity contribution >= 4 is 29.3 Å². The zero-order chi connectivity index (χ0) is 19.5. The lowest BCUT2D eigenvalue weighted by Crippen LogP contribution is -2.47. The van der Waals surface area contributed by atoms with Crippen molar-refractivity contribution in [2.45, 2.75) is 19.3 Å². The fraction of sp³-hybridized carbons (Fsp3) is 0.273. The Balaban J connectivity index is 1.66. The molecule has 2 N–H and O–H groups in total. The van der Waals surface area contributed by atoms with Crippen LogP contribution in [0.2, 0.25) is 0 Å². The van der Waals surface area contributed by atoms with Gasteiger partial charge >= 0.3 is 0 Å². The van der Waals surface area contributed by atoms with Crippen molar-refractivity contribution in [3.8, 4) is 5.75 Å². The van der Waals surface area contributed by atoms with Gasteiger partial charge in [0.2, 0.25) is 5.91 Å². The van der Waals surface area contributed by atoms with Crippen molar-refractivity contribution in [2.24, 2.45) is 0 Å². The van der Waals surface area contributed by atoms with E-state index in [-0.39, 0.29) is 24.1 Å². The second kappa shape index (κ2) is 7.76. The maximum Gasteiger partial charge on any atom is 0.294 e. The number of likely N-dealkylation sites (tertiary alicyclic amines) is 1. The van der Waals surface area contributed by atoms with Gasteiger partial charge in [-0.1, -0.05) is 30.3 Å². The number of benzene rings is 2. The molecular weight excluding hydrogens is 354 g/mol. The topological polar surface area (TPSA) is 75.9 Å². The minimum atomic E-state index is -0.327. The number of ether oxygens (including phenoxy) is 1. The second-order valence-electron chi connectivity index (χ2n) is 7.08. The van der Waals surface area contributed by atoms with E-state index in [0.717, 1.165) is 37.9 Å². The van der Waals surface area contributed by atoms with Crippen molar-refractivity contribution in [3.63, 3.8) is 0 Å². The number of fused-ring (bicyclic) bond motifs is 1. The van der Waals surface area contributed by atoms with Crippen LogP contribution < -0.4 is 15.4 Å². The van der Waals surface area contributed by atoms with Crippen LogP contribution in [0.1, 0.15) is 24.8 Å². The summed E-state index contributed by atoms with van der Waals surface area (Å²) < 4.78 is 5.85. The molecule has 0 atom stereocenters. The number of nitrogens with zero attached hydrogens (tertiary/aromatic N) is 2. The Morgan fingerprint density at radius 2 is 1.82 bits per heavy atom. The SMILES string of the molecule is Nc1ccc2c(c1)O/C(=C/c1ccccc1)C(=O)N2CC(=O)N1CCCCC1. The first kappa shape index (κ1) is 18.1. The lowest BCUT2D eigenvalue weighted by Gasteiger charge is -2.33. The standard InChI is InChI=1S/C22H23N3O3/c23-17-9-10-18-19(14-17)28-20(13-16-7-3-1-4-8-16)22(27)25(18)15-21(26)24-11-5-2-6-12-24/h1,3-4,7-10,13-14H,2,5-6,11-12,15,23H2/b20-13+. The molecule has 1 saturated heterocycles. The summed E-state index contributed by atoms with van der Waals surface area (Å²) in [6.45, 7) is 1.49. The molecule has 2 amide bonds. The van der Waals surface area contributed by atoms with Gasteiger partial charge in [0, 0.05) is 24.8 Å². The highest BCUT2D eigenvalue weighted by atomic mass is 16.5. The molecule has 0 unspecified atom stereocenters. The number of amides is 2. The van der Waals surface area contributed by atoms with E-state index in [1.54, 1.807) is 24.3 Å². The Labute approximate surface area is 164 Å². The third-order valence-corrected chi connectivity index (χ3v) is 5.05. The molecule has 2 aromatic carbocycles. The van der Waals surface area contributed by atoms with Crippen LogP contribution in [0, 0.1) is 0 Å². The first-order valence-electron chi connectivity index (χ1n) is 9.55. The van der Waals surface area contributed by atoms with Crippen molar-refractivity contribution in [2.75, 3.05) is 30.3 Å². The van der Waals surface area contributed by atoms with Crippen LogP contribution in [0.15, 0.2) is 54.3 Å². The Morgan fingerprint density at radius 1 is 1.07 bits per heavy atom. The van der Waals surface area contributed by atoms with Crippen molar-refractivity contribution < 1.29 is 14.3 Å².